The van der Waals surface area contributed by atoms with Gasteiger partial charge in [0.1, 0.15) is 0 Å². The summed E-state index contributed by atoms with van der Waals surface area (Å²) in [5.41, 5.74) is 0. The van der Waals surface area contributed by atoms with Gasteiger partial charge in [-0.3, -0.25) is 4.90 Å². The topological polar surface area (TPSA) is 44.3 Å². The average Bonchev–Trinajstić information content (AvgIpc) is 2.55. The zero-order valence-electron chi connectivity index (χ0n) is 13.5. The number of nitrogens with zero attached hydrogens (tertiary/aromatic N) is 4. The third kappa shape index (κ3) is 5.25. The highest BCUT2D eigenvalue weighted by Gasteiger charge is 2.18. The highest BCUT2D eigenvalue weighted by atomic mass is 15.3. The largest absolute Gasteiger partial charge is 0.338 e. The van der Waals surface area contributed by atoms with E-state index in [0.29, 0.717) is 6.04 Å². The van der Waals surface area contributed by atoms with E-state index in [1.165, 1.54) is 25.8 Å². The molecule has 0 saturated carbocycles. The molecule has 1 aromatic rings. The summed E-state index contributed by atoms with van der Waals surface area (Å²) in [4.78, 5) is 13.5. The third-order valence-corrected chi connectivity index (χ3v) is 4.22. The molecule has 118 valence electrons. The lowest BCUT2D eigenvalue weighted by Gasteiger charge is -2.34. The zero-order chi connectivity index (χ0) is 14.9. The monoisotopic (exact) mass is 291 g/mol. The van der Waals surface area contributed by atoms with Gasteiger partial charge in [-0.25, -0.2) is 9.97 Å². The first kappa shape index (κ1) is 16.2. The van der Waals surface area contributed by atoms with Gasteiger partial charge in [0.25, 0.3) is 0 Å². The second kappa shape index (κ2) is 8.95. The Bertz CT molecular complexity index is 376. The van der Waals surface area contributed by atoms with E-state index in [2.05, 4.69) is 38.9 Å². The average molecular weight is 291 g/mol. The first-order valence-corrected chi connectivity index (χ1v) is 8.31. The minimum Gasteiger partial charge on any atom is -0.338 e. The lowest BCUT2D eigenvalue weighted by atomic mass is 10.1. The van der Waals surface area contributed by atoms with Crippen molar-refractivity contribution in [1.82, 2.24) is 20.2 Å². The molecule has 5 heteroatoms. The molecule has 0 radical (unpaired) electrons. The van der Waals surface area contributed by atoms with Gasteiger partial charge < -0.3 is 10.2 Å². The Balaban J connectivity index is 1.65. The summed E-state index contributed by atoms with van der Waals surface area (Å²) in [6, 6.07) is 2.56. The molecule has 2 heterocycles. The quantitative estimate of drug-likeness (QED) is 0.791. The maximum Gasteiger partial charge on any atom is 0.225 e. The van der Waals surface area contributed by atoms with E-state index in [1.54, 1.807) is 0 Å². The highest BCUT2D eigenvalue weighted by molar-refractivity contribution is 5.29. The molecule has 1 atom stereocenters. The SMILES string of the molecule is CCNC(CC)CCCN1CCN(c2ncccn2)CC1. The van der Waals surface area contributed by atoms with Crippen LogP contribution in [-0.4, -0.2) is 60.2 Å². The van der Waals surface area contributed by atoms with Crippen molar-refractivity contribution in [3.63, 3.8) is 0 Å². The predicted molar refractivity (Wildman–Crippen MR) is 87.7 cm³/mol. The van der Waals surface area contributed by atoms with Gasteiger partial charge in [0.05, 0.1) is 0 Å². The van der Waals surface area contributed by atoms with E-state index in [0.717, 1.165) is 38.7 Å². The van der Waals surface area contributed by atoms with Crippen LogP contribution in [0.25, 0.3) is 0 Å². The molecule has 1 fully saturated rings. The minimum atomic E-state index is 0.689. The fraction of sp³-hybridized carbons (Fsp3) is 0.750. The zero-order valence-corrected chi connectivity index (χ0v) is 13.5. The molecule has 2 rings (SSSR count). The van der Waals surface area contributed by atoms with Crippen LogP contribution in [0.5, 0.6) is 0 Å². The molecule has 1 N–H and O–H groups in total. The van der Waals surface area contributed by atoms with Gasteiger partial charge in [-0.05, 0) is 38.4 Å². The number of aromatic nitrogens is 2. The minimum absolute atomic E-state index is 0.689. The van der Waals surface area contributed by atoms with Crippen molar-refractivity contribution in [2.24, 2.45) is 0 Å². The Morgan fingerprint density at radius 3 is 2.48 bits per heavy atom. The second-order valence-corrected chi connectivity index (χ2v) is 5.68. The number of anilines is 1. The Hall–Kier alpha value is -1.20. The first-order chi connectivity index (χ1) is 10.3. The van der Waals surface area contributed by atoms with Gasteiger partial charge in [-0.2, -0.15) is 0 Å². The van der Waals surface area contributed by atoms with Crippen molar-refractivity contribution in [2.75, 3.05) is 44.2 Å². The van der Waals surface area contributed by atoms with E-state index < -0.39 is 0 Å². The van der Waals surface area contributed by atoms with E-state index in [9.17, 15) is 0 Å². The molecule has 1 aliphatic heterocycles. The van der Waals surface area contributed by atoms with Crippen molar-refractivity contribution in [1.29, 1.82) is 0 Å². The summed E-state index contributed by atoms with van der Waals surface area (Å²) < 4.78 is 0. The second-order valence-electron chi connectivity index (χ2n) is 5.68. The predicted octanol–water partition coefficient (Wildman–Crippen LogP) is 1.77. The van der Waals surface area contributed by atoms with E-state index in [-0.39, 0.29) is 0 Å². The normalized spacial score (nSPS) is 17.9. The highest BCUT2D eigenvalue weighted by Crippen LogP contribution is 2.11. The van der Waals surface area contributed by atoms with Crippen LogP contribution in [0.2, 0.25) is 0 Å². The Kier molecular flexibility index (Phi) is 6.89. The van der Waals surface area contributed by atoms with Crippen molar-refractivity contribution in [3.8, 4) is 0 Å². The van der Waals surface area contributed by atoms with Crippen LogP contribution in [0.1, 0.15) is 33.1 Å². The number of rotatable bonds is 8. The van der Waals surface area contributed by atoms with E-state index >= 15 is 0 Å². The number of nitrogens with one attached hydrogen (secondary N) is 1. The molecule has 1 unspecified atom stereocenters. The van der Waals surface area contributed by atoms with Gasteiger partial charge in [0.15, 0.2) is 0 Å². The third-order valence-electron chi connectivity index (χ3n) is 4.22. The molecule has 0 spiro atoms. The number of hydrogen-bond acceptors (Lipinski definition) is 5. The Morgan fingerprint density at radius 2 is 1.86 bits per heavy atom. The van der Waals surface area contributed by atoms with Crippen molar-refractivity contribution in [3.05, 3.63) is 18.5 Å². The summed E-state index contributed by atoms with van der Waals surface area (Å²) in [5, 5.41) is 3.56. The maximum atomic E-state index is 4.33. The van der Waals surface area contributed by atoms with Gasteiger partial charge in [0, 0.05) is 44.6 Å². The molecule has 0 aliphatic carbocycles. The summed E-state index contributed by atoms with van der Waals surface area (Å²) >= 11 is 0. The maximum absolute atomic E-state index is 4.33. The first-order valence-electron chi connectivity index (χ1n) is 8.31. The lowest BCUT2D eigenvalue weighted by molar-refractivity contribution is 0.247. The molecule has 0 bridgehead atoms. The van der Waals surface area contributed by atoms with E-state index in [4.69, 9.17) is 0 Å². The fourth-order valence-corrected chi connectivity index (χ4v) is 2.93. The van der Waals surface area contributed by atoms with Gasteiger partial charge >= 0.3 is 0 Å². The van der Waals surface area contributed by atoms with Crippen molar-refractivity contribution in [2.45, 2.75) is 39.2 Å². The molecule has 5 nitrogen and oxygen atoms in total. The lowest BCUT2D eigenvalue weighted by Crippen LogP contribution is -2.47. The van der Waals surface area contributed by atoms with Crippen LogP contribution < -0.4 is 10.2 Å². The number of hydrogen-bond donors (Lipinski definition) is 1. The van der Waals surface area contributed by atoms with Crippen LogP contribution >= 0.6 is 0 Å². The van der Waals surface area contributed by atoms with Gasteiger partial charge in [-0.1, -0.05) is 13.8 Å². The molecule has 1 aliphatic rings. The Morgan fingerprint density at radius 1 is 1.14 bits per heavy atom. The molecule has 21 heavy (non-hydrogen) atoms. The van der Waals surface area contributed by atoms with Crippen LogP contribution in [0.3, 0.4) is 0 Å². The molecular formula is C16H29N5. The Labute approximate surface area is 128 Å². The smallest absolute Gasteiger partial charge is 0.225 e. The summed E-state index contributed by atoms with van der Waals surface area (Å²) in [7, 11) is 0. The fourth-order valence-electron chi connectivity index (χ4n) is 2.93. The van der Waals surface area contributed by atoms with Crippen LogP contribution in [0.15, 0.2) is 18.5 Å². The molecule has 1 saturated heterocycles. The van der Waals surface area contributed by atoms with Crippen LogP contribution in [0.4, 0.5) is 5.95 Å². The molecule has 1 aromatic heterocycles. The number of piperazine rings is 1. The van der Waals surface area contributed by atoms with Gasteiger partial charge in [0.2, 0.25) is 5.95 Å². The summed E-state index contributed by atoms with van der Waals surface area (Å²) in [6.07, 6.45) is 7.44. The standard InChI is InChI=1S/C16H29N5/c1-3-15(17-4-2)7-5-10-20-11-13-21(14-12-20)16-18-8-6-9-19-16/h6,8-9,15,17H,3-5,7,10-14H2,1-2H3. The van der Waals surface area contributed by atoms with Crippen molar-refractivity contribution < 1.29 is 0 Å². The molecule has 0 amide bonds. The van der Waals surface area contributed by atoms with Gasteiger partial charge in [-0.15, -0.1) is 0 Å². The summed E-state index contributed by atoms with van der Waals surface area (Å²) in [5.74, 6) is 0.871. The summed E-state index contributed by atoms with van der Waals surface area (Å²) in [6.45, 7) is 11.1. The molecular weight excluding hydrogens is 262 g/mol. The van der Waals surface area contributed by atoms with E-state index in [1.807, 2.05) is 18.5 Å². The molecule has 0 aromatic carbocycles. The van der Waals surface area contributed by atoms with Crippen LogP contribution in [0, 0.1) is 0 Å². The van der Waals surface area contributed by atoms with Crippen molar-refractivity contribution >= 4 is 5.95 Å². The van der Waals surface area contributed by atoms with Crippen LogP contribution in [-0.2, 0) is 0 Å².